The third-order valence-corrected chi connectivity index (χ3v) is 13.1. The van der Waals surface area contributed by atoms with E-state index < -0.39 is 5.41 Å². The van der Waals surface area contributed by atoms with E-state index in [0.29, 0.717) is 11.2 Å². The molecule has 10 heteroatoms. The lowest BCUT2D eigenvalue weighted by atomic mass is 9.75. The van der Waals surface area contributed by atoms with Crippen LogP contribution in [0, 0.1) is 35.0 Å². The van der Waals surface area contributed by atoms with E-state index in [2.05, 4.69) is 123 Å². The van der Waals surface area contributed by atoms with E-state index in [-0.39, 0.29) is 42.2 Å². The first kappa shape index (κ1) is 60.4. The van der Waals surface area contributed by atoms with Gasteiger partial charge < -0.3 is 31.3 Å². The molecule has 0 radical (unpaired) electrons. The molecule has 3 rings (SSSR count). The molecule has 6 N–H and O–H groups in total. The van der Waals surface area contributed by atoms with E-state index in [1.54, 1.807) is 13.8 Å². The molecule has 2 aromatic rings. The maximum absolute atomic E-state index is 12.7. The Morgan fingerprint density at radius 1 is 0.889 bits per heavy atom. The molecule has 0 aliphatic carbocycles. The summed E-state index contributed by atoms with van der Waals surface area (Å²) in [4.78, 5) is 27.4. The number of nitrogens with two attached hydrogens (primary N) is 1. The quantitative estimate of drug-likeness (QED) is 0.0826. The number of nitrogens with one attached hydrogen (secondary N) is 1. The zero-order valence-corrected chi connectivity index (χ0v) is 44.3. The molecule has 1 aliphatic heterocycles. The molecule has 0 spiro atoms. The number of aliphatic hydroxyl groups is 3. The van der Waals surface area contributed by atoms with Crippen LogP contribution in [0.1, 0.15) is 181 Å². The SMILES string of the molecule is CC.CC(C)CC(C)(C)C(C)C.CCC(C)(CO)CO.CCCCC(C)=Nc1c(N)nc2cc(CCCN3CCN(C(C)(C)CC(C)(C)NC(=O)C(C)(C)CO)CC3)ccc2c1C. The zero-order chi connectivity index (χ0) is 49.0. The summed E-state index contributed by atoms with van der Waals surface area (Å²) in [7, 11) is 0. The van der Waals surface area contributed by atoms with Gasteiger partial charge in [-0.1, -0.05) is 94.7 Å². The average molecular weight is 885 g/mol. The molecular weight excluding hydrogens is 785 g/mol. The number of hydrogen-bond donors (Lipinski definition) is 5. The number of amides is 1. The van der Waals surface area contributed by atoms with Crippen LogP contribution in [0.3, 0.4) is 0 Å². The molecule has 1 aromatic heterocycles. The Kier molecular flexibility index (Phi) is 26.6. The standard InChI is InChI=1S/C35H58N6O2.C10H22.C6H14O2.C2H6/c1-10-11-13-25(2)37-30-26(3)28-16-15-27(22-29(28)38-31(30)36)14-12-17-40-18-20-41(21-19-40)35(8,9)23-34(6,7)39-32(43)33(4,5)24-42;1-8(2)7-10(5,6)9(3)4;1-3-6(2,4-7)5-8;1-2/h15-16,22,42H,10-14,17-21,23-24H2,1-9H3,(H2,36,38)(H,39,43);8-9H,7H2,1-6H3;7-8H,3-5H2,1-2H3;1-2H3. The summed E-state index contributed by atoms with van der Waals surface area (Å²) in [6.07, 6.45) is 8.38. The minimum absolute atomic E-state index is 0.0519. The van der Waals surface area contributed by atoms with Crippen LogP contribution in [0.4, 0.5) is 11.5 Å². The van der Waals surface area contributed by atoms with Gasteiger partial charge in [0.2, 0.25) is 5.91 Å². The topological polar surface area (TPSA) is 148 Å². The van der Waals surface area contributed by atoms with Crippen molar-refractivity contribution in [2.75, 3.05) is 58.3 Å². The number of aryl methyl sites for hydroxylation is 2. The average Bonchev–Trinajstić information content (AvgIpc) is 3.21. The van der Waals surface area contributed by atoms with Crippen molar-refractivity contribution in [3.63, 3.8) is 0 Å². The highest BCUT2D eigenvalue weighted by Gasteiger charge is 2.38. The second-order valence-electron chi connectivity index (χ2n) is 21.8. The first-order chi connectivity index (χ1) is 29.1. The van der Waals surface area contributed by atoms with Crippen molar-refractivity contribution in [3.8, 4) is 0 Å². The highest BCUT2D eigenvalue weighted by Crippen LogP contribution is 2.34. The van der Waals surface area contributed by atoms with Crippen LogP contribution in [-0.2, 0) is 11.2 Å². The van der Waals surface area contributed by atoms with Gasteiger partial charge in [0.05, 0.1) is 30.8 Å². The van der Waals surface area contributed by atoms with Gasteiger partial charge in [-0.25, -0.2) is 4.98 Å². The molecule has 0 unspecified atom stereocenters. The first-order valence-corrected chi connectivity index (χ1v) is 24.5. The molecule has 1 fully saturated rings. The number of rotatable bonds is 20. The number of aliphatic hydroxyl groups excluding tert-OH is 3. The molecule has 10 nitrogen and oxygen atoms in total. The van der Waals surface area contributed by atoms with Gasteiger partial charge in [-0.15, -0.1) is 0 Å². The van der Waals surface area contributed by atoms with Crippen molar-refractivity contribution in [2.24, 2.45) is 33.1 Å². The van der Waals surface area contributed by atoms with Crippen LogP contribution in [0.25, 0.3) is 10.9 Å². The van der Waals surface area contributed by atoms with E-state index in [0.717, 1.165) is 117 Å². The molecule has 1 aliphatic rings. The van der Waals surface area contributed by atoms with Crippen molar-refractivity contribution in [2.45, 2.75) is 194 Å². The van der Waals surface area contributed by atoms with Gasteiger partial charge in [-0.3, -0.25) is 14.7 Å². The molecule has 63 heavy (non-hydrogen) atoms. The fourth-order valence-corrected chi connectivity index (χ4v) is 7.90. The minimum atomic E-state index is -0.784. The molecule has 0 bridgehead atoms. The summed E-state index contributed by atoms with van der Waals surface area (Å²) < 4.78 is 0. The molecule has 0 saturated carbocycles. The van der Waals surface area contributed by atoms with Gasteiger partial charge in [0.15, 0.2) is 0 Å². The van der Waals surface area contributed by atoms with Crippen LogP contribution in [0.5, 0.6) is 0 Å². The smallest absolute Gasteiger partial charge is 0.228 e. The van der Waals surface area contributed by atoms with E-state index in [1.807, 2.05) is 27.7 Å². The Morgan fingerprint density at radius 2 is 1.46 bits per heavy atom. The summed E-state index contributed by atoms with van der Waals surface area (Å²) in [5.41, 5.74) is 10.7. The largest absolute Gasteiger partial charge is 0.396 e. The summed E-state index contributed by atoms with van der Waals surface area (Å²) in [6.45, 7) is 45.5. The summed E-state index contributed by atoms with van der Waals surface area (Å²) in [6, 6.07) is 6.61. The Labute approximate surface area is 387 Å². The fourth-order valence-electron chi connectivity index (χ4n) is 7.90. The second-order valence-corrected chi connectivity index (χ2v) is 21.8. The molecule has 366 valence electrons. The van der Waals surface area contributed by atoms with Gasteiger partial charge in [-0.05, 0) is 141 Å². The van der Waals surface area contributed by atoms with Crippen molar-refractivity contribution in [1.29, 1.82) is 0 Å². The van der Waals surface area contributed by atoms with Crippen LogP contribution in [0.2, 0.25) is 0 Å². The van der Waals surface area contributed by atoms with Crippen molar-refractivity contribution in [1.82, 2.24) is 20.1 Å². The predicted molar refractivity (Wildman–Crippen MR) is 273 cm³/mol. The third kappa shape index (κ3) is 21.0. The fraction of sp³-hybridized carbons (Fsp3) is 0.792. The van der Waals surface area contributed by atoms with Crippen molar-refractivity contribution < 1.29 is 20.1 Å². The lowest BCUT2D eigenvalue weighted by molar-refractivity contribution is -0.133. The van der Waals surface area contributed by atoms with Gasteiger partial charge >= 0.3 is 0 Å². The Bertz CT molecular complexity index is 1630. The van der Waals surface area contributed by atoms with Gasteiger partial charge in [0, 0.05) is 53.8 Å². The van der Waals surface area contributed by atoms with E-state index >= 15 is 0 Å². The maximum Gasteiger partial charge on any atom is 0.228 e. The normalized spacial score (nSPS) is 14.8. The van der Waals surface area contributed by atoms with Gasteiger partial charge in [0.1, 0.15) is 11.5 Å². The number of hydrogen-bond acceptors (Lipinski definition) is 9. The predicted octanol–water partition coefficient (Wildman–Crippen LogP) is 11.2. The number of aromatic nitrogens is 1. The Morgan fingerprint density at radius 3 is 1.90 bits per heavy atom. The molecule has 0 atom stereocenters. The van der Waals surface area contributed by atoms with E-state index in [9.17, 15) is 9.90 Å². The van der Waals surface area contributed by atoms with E-state index in [1.165, 1.54) is 12.0 Å². The maximum atomic E-state index is 12.7. The monoisotopic (exact) mass is 885 g/mol. The summed E-state index contributed by atoms with van der Waals surface area (Å²) in [5.74, 6) is 2.04. The van der Waals surface area contributed by atoms with Crippen LogP contribution in [0.15, 0.2) is 23.2 Å². The molecule has 1 amide bonds. The highest BCUT2D eigenvalue weighted by atomic mass is 16.3. The molecule has 1 aromatic carbocycles. The van der Waals surface area contributed by atoms with Gasteiger partial charge in [-0.2, -0.15) is 0 Å². The number of anilines is 1. The Balaban J connectivity index is 0.00000159. The number of piperazine rings is 1. The molecular formula is C53H100N6O4. The highest BCUT2D eigenvalue weighted by molar-refractivity contribution is 5.93. The number of benzene rings is 1. The number of unbranched alkanes of at least 4 members (excludes halogenated alkanes) is 1. The molecule has 2 heterocycles. The minimum Gasteiger partial charge on any atom is -0.396 e. The number of fused-ring (bicyclic) bond motifs is 1. The number of carbonyl (C=O) groups is 1. The summed E-state index contributed by atoms with van der Waals surface area (Å²) in [5, 5.41) is 31.1. The van der Waals surface area contributed by atoms with Crippen LogP contribution < -0.4 is 11.1 Å². The zero-order valence-electron chi connectivity index (χ0n) is 44.3. The molecule has 1 saturated heterocycles. The number of nitrogens with zero attached hydrogens (tertiary/aromatic N) is 4. The van der Waals surface area contributed by atoms with Crippen molar-refractivity contribution >= 4 is 34.0 Å². The van der Waals surface area contributed by atoms with Crippen molar-refractivity contribution in [3.05, 3.63) is 29.3 Å². The van der Waals surface area contributed by atoms with Crippen LogP contribution in [-0.4, -0.2) is 105 Å². The third-order valence-electron chi connectivity index (χ3n) is 13.1. The van der Waals surface area contributed by atoms with Gasteiger partial charge in [0.25, 0.3) is 0 Å². The number of carbonyl (C=O) groups excluding carboxylic acids is 1. The number of nitrogen functional groups attached to an aromatic ring is 1. The lowest BCUT2D eigenvalue weighted by Gasteiger charge is -2.47. The summed E-state index contributed by atoms with van der Waals surface area (Å²) >= 11 is 0. The Hall–Kier alpha value is -2.63. The number of pyridine rings is 1. The second kappa shape index (κ2) is 27.8. The lowest BCUT2D eigenvalue weighted by Crippen LogP contribution is -2.59. The van der Waals surface area contributed by atoms with Crippen LogP contribution >= 0.6 is 0 Å². The van der Waals surface area contributed by atoms with E-state index in [4.69, 9.17) is 25.9 Å². The first-order valence-electron chi connectivity index (χ1n) is 24.5. The number of aliphatic imine (C=N–C) groups is 1.